The first-order valence-corrected chi connectivity index (χ1v) is 15.3. The molecule has 1 aliphatic heterocycles. The number of urea groups is 1. The summed E-state index contributed by atoms with van der Waals surface area (Å²) in [4.78, 5) is 35.8. The predicted octanol–water partition coefficient (Wildman–Crippen LogP) is 5.11. The Balaban J connectivity index is 1.41. The lowest BCUT2D eigenvalue weighted by Gasteiger charge is -2.28. The van der Waals surface area contributed by atoms with Gasteiger partial charge in [-0.1, -0.05) is 29.8 Å². The van der Waals surface area contributed by atoms with Gasteiger partial charge in [-0.3, -0.25) is 15.5 Å². The quantitative estimate of drug-likeness (QED) is 0.0572. The van der Waals surface area contributed by atoms with E-state index in [1.54, 1.807) is 62.4 Å². The molecule has 2 amide bonds. The van der Waals surface area contributed by atoms with E-state index < -0.39 is 29.2 Å². The van der Waals surface area contributed by atoms with Crippen LogP contribution >= 0.6 is 27.5 Å². The SMILES string of the molecule is CCOc1cc([C@H]2NC(=O)NC(C)=C2C(=O)OC)ccc1OC[C@@H](O)N/N=C/c1cc(Br)c(OCc2cccc(Cl)c2)c([N+](=O)[O-])c1. The molecule has 0 aliphatic carbocycles. The number of benzene rings is 3. The zero-order valence-corrected chi connectivity index (χ0v) is 27.8. The molecule has 0 bridgehead atoms. The number of nitro groups is 1. The fourth-order valence-electron chi connectivity index (χ4n) is 4.55. The number of allylic oxidation sites excluding steroid dienone is 1. The summed E-state index contributed by atoms with van der Waals surface area (Å²) in [6.45, 7) is 3.47. The molecule has 2 atom stereocenters. The highest BCUT2D eigenvalue weighted by Crippen LogP contribution is 2.37. The monoisotopic (exact) mass is 731 g/mol. The Kier molecular flexibility index (Phi) is 12.0. The number of hydrogen-bond acceptors (Lipinski definition) is 11. The number of methoxy groups -OCH3 is 1. The number of nitro benzene ring substituents is 1. The number of rotatable bonds is 14. The molecule has 0 fully saturated rings. The van der Waals surface area contributed by atoms with Gasteiger partial charge in [0.2, 0.25) is 5.75 Å². The van der Waals surface area contributed by atoms with Gasteiger partial charge in [-0.15, -0.1) is 0 Å². The van der Waals surface area contributed by atoms with Crippen molar-refractivity contribution in [2.45, 2.75) is 32.7 Å². The zero-order valence-electron chi connectivity index (χ0n) is 25.4. The summed E-state index contributed by atoms with van der Waals surface area (Å²) in [5.41, 5.74) is 4.45. The molecule has 47 heavy (non-hydrogen) atoms. The van der Waals surface area contributed by atoms with Crippen molar-refractivity contribution in [3.05, 3.63) is 102 Å². The average Bonchev–Trinajstić information content (AvgIpc) is 3.03. The molecule has 0 spiro atoms. The molecular formula is C31H31BrClN5O9. The summed E-state index contributed by atoms with van der Waals surface area (Å²) >= 11 is 9.33. The molecule has 3 aromatic carbocycles. The van der Waals surface area contributed by atoms with E-state index in [2.05, 4.69) is 37.1 Å². The van der Waals surface area contributed by atoms with E-state index in [4.69, 9.17) is 30.5 Å². The Morgan fingerprint density at radius 3 is 2.68 bits per heavy atom. The minimum Gasteiger partial charge on any atom is -0.490 e. The number of ether oxygens (including phenoxy) is 4. The second-order valence-corrected chi connectivity index (χ2v) is 11.2. The number of halogens is 2. The Hall–Kier alpha value is -4.86. The highest BCUT2D eigenvalue weighted by molar-refractivity contribution is 9.10. The fourth-order valence-corrected chi connectivity index (χ4v) is 5.35. The number of aliphatic hydroxyl groups is 1. The number of carbonyl (C=O) groups is 2. The van der Waals surface area contributed by atoms with Crippen LogP contribution in [-0.4, -0.2) is 54.8 Å². The lowest BCUT2D eigenvalue weighted by atomic mass is 9.95. The molecule has 4 N–H and O–H groups in total. The fraction of sp³-hybridized carbons (Fsp3) is 0.258. The summed E-state index contributed by atoms with van der Waals surface area (Å²) in [5.74, 6) is 0.0343. The molecule has 1 aliphatic rings. The number of amides is 2. The number of hydrogen-bond donors (Lipinski definition) is 4. The number of nitrogens with one attached hydrogen (secondary N) is 3. The van der Waals surface area contributed by atoms with E-state index in [9.17, 15) is 24.8 Å². The molecular weight excluding hydrogens is 702 g/mol. The Bertz CT molecular complexity index is 1720. The highest BCUT2D eigenvalue weighted by atomic mass is 79.9. The predicted molar refractivity (Wildman–Crippen MR) is 176 cm³/mol. The van der Waals surface area contributed by atoms with Gasteiger partial charge in [-0.05, 0) is 71.2 Å². The number of nitrogens with zero attached hydrogens (tertiary/aromatic N) is 2. The van der Waals surface area contributed by atoms with Crippen LogP contribution in [0.3, 0.4) is 0 Å². The van der Waals surface area contributed by atoms with Crippen LogP contribution in [0.2, 0.25) is 5.02 Å². The van der Waals surface area contributed by atoms with E-state index in [1.807, 2.05) is 0 Å². The topological polar surface area (TPSA) is 183 Å². The maximum absolute atomic E-state index is 12.4. The summed E-state index contributed by atoms with van der Waals surface area (Å²) in [7, 11) is 1.25. The highest BCUT2D eigenvalue weighted by Gasteiger charge is 2.32. The van der Waals surface area contributed by atoms with Crippen LogP contribution in [0, 0.1) is 10.1 Å². The maximum Gasteiger partial charge on any atom is 0.337 e. The van der Waals surface area contributed by atoms with Crippen LogP contribution in [0.5, 0.6) is 17.2 Å². The number of carbonyl (C=O) groups excluding carboxylic acids is 2. The van der Waals surface area contributed by atoms with Crippen molar-refractivity contribution in [2.75, 3.05) is 20.3 Å². The second-order valence-electron chi connectivity index (χ2n) is 9.94. The van der Waals surface area contributed by atoms with Crippen molar-refractivity contribution in [1.82, 2.24) is 16.1 Å². The van der Waals surface area contributed by atoms with Gasteiger partial charge in [-0.25, -0.2) is 9.59 Å². The average molecular weight is 733 g/mol. The first-order valence-electron chi connectivity index (χ1n) is 14.1. The Labute approximate surface area is 283 Å². The molecule has 248 valence electrons. The van der Waals surface area contributed by atoms with Gasteiger partial charge in [-0.2, -0.15) is 5.10 Å². The van der Waals surface area contributed by atoms with E-state index in [0.29, 0.717) is 32.1 Å². The van der Waals surface area contributed by atoms with E-state index >= 15 is 0 Å². The minimum absolute atomic E-state index is 0.0415. The number of aliphatic hydroxyl groups excluding tert-OH is 1. The van der Waals surface area contributed by atoms with Gasteiger partial charge >= 0.3 is 17.7 Å². The van der Waals surface area contributed by atoms with Gasteiger partial charge in [0.05, 0.1) is 40.9 Å². The Morgan fingerprint density at radius 2 is 1.98 bits per heavy atom. The summed E-state index contributed by atoms with van der Waals surface area (Å²) < 4.78 is 22.4. The van der Waals surface area contributed by atoms with Crippen LogP contribution in [0.4, 0.5) is 10.5 Å². The molecule has 16 heteroatoms. The van der Waals surface area contributed by atoms with E-state index in [0.717, 1.165) is 5.56 Å². The third-order valence-corrected chi connectivity index (χ3v) is 7.45. The third-order valence-electron chi connectivity index (χ3n) is 6.62. The second kappa shape index (κ2) is 16.1. The normalized spacial score (nSPS) is 15.0. The summed E-state index contributed by atoms with van der Waals surface area (Å²) in [6, 6.07) is 13.4. The lowest BCUT2D eigenvalue weighted by Crippen LogP contribution is -2.45. The van der Waals surface area contributed by atoms with Crippen molar-refractivity contribution < 1.29 is 38.6 Å². The van der Waals surface area contributed by atoms with Crippen LogP contribution in [0.15, 0.2) is 75.4 Å². The molecule has 0 saturated heterocycles. The largest absolute Gasteiger partial charge is 0.490 e. The van der Waals surface area contributed by atoms with Crippen LogP contribution < -0.4 is 30.3 Å². The Morgan fingerprint density at radius 1 is 1.19 bits per heavy atom. The molecule has 0 unspecified atom stereocenters. The molecule has 3 aromatic rings. The molecule has 0 aromatic heterocycles. The standard InChI is InChI=1S/C31H31BrClN5O9/c1-4-45-25-13-20(28-27(30(40)44-3)17(2)35-31(41)36-28)8-9-24(25)46-16-26(39)37-34-14-19-11-22(32)29(23(12-19)38(42)43)47-15-18-6-5-7-21(33)10-18/h5-14,26,28,37,39H,4,15-16H2,1-3H3,(H2,35,36,41)/b34-14+/t26-,28-/m1/s1. The van der Waals surface area contributed by atoms with Gasteiger partial charge in [0.15, 0.2) is 17.7 Å². The van der Waals surface area contributed by atoms with E-state index in [1.165, 1.54) is 19.4 Å². The first-order chi connectivity index (χ1) is 22.5. The number of hydrazone groups is 1. The summed E-state index contributed by atoms with van der Waals surface area (Å²) in [6.07, 6.45) is 0.0171. The van der Waals surface area contributed by atoms with Gasteiger partial charge in [0.1, 0.15) is 13.2 Å². The minimum atomic E-state index is -1.28. The molecule has 0 radical (unpaired) electrons. The lowest BCUT2D eigenvalue weighted by molar-refractivity contribution is -0.386. The van der Waals surface area contributed by atoms with Crippen molar-refractivity contribution >= 4 is 51.4 Å². The molecule has 14 nitrogen and oxygen atoms in total. The van der Waals surface area contributed by atoms with Crippen molar-refractivity contribution in [3.63, 3.8) is 0 Å². The molecule has 1 heterocycles. The van der Waals surface area contributed by atoms with Crippen LogP contribution in [0.25, 0.3) is 0 Å². The van der Waals surface area contributed by atoms with Crippen LogP contribution in [0.1, 0.15) is 36.6 Å². The zero-order chi connectivity index (χ0) is 34.1. The van der Waals surface area contributed by atoms with Gasteiger partial charge < -0.3 is 34.7 Å². The first kappa shape index (κ1) is 35.0. The van der Waals surface area contributed by atoms with Crippen molar-refractivity contribution in [2.24, 2.45) is 5.10 Å². The smallest absolute Gasteiger partial charge is 0.337 e. The summed E-state index contributed by atoms with van der Waals surface area (Å²) in [5, 5.41) is 32.0. The van der Waals surface area contributed by atoms with E-state index in [-0.39, 0.29) is 42.6 Å². The van der Waals surface area contributed by atoms with Gasteiger partial charge in [0.25, 0.3) is 0 Å². The molecule has 0 saturated carbocycles. The van der Waals surface area contributed by atoms with Gasteiger partial charge in [0, 0.05) is 22.3 Å². The van der Waals surface area contributed by atoms with Crippen molar-refractivity contribution in [1.29, 1.82) is 0 Å². The van der Waals surface area contributed by atoms with Crippen LogP contribution in [-0.2, 0) is 16.1 Å². The van der Waals surface area contributed by atoms with Crippen molar-refractivity contribution in [3.8, 4) is 17.2 Å². The number of esters is 1. The third kappa shape index (κ3) is 9.12. The maximum atomic E-state index is 12.4. The molecule has 4 rings (SSSR count).